The molecule has 0 spiro atoms. The summed E-state index contributed by atoms with van der Waals surface area (Å²) >= 11 is 0. The molecule has 1 rings (SSSR count). The van der Waals surface area contributed by atoms with Gasteiger partial charge in [-0.3, -0.25) is 4.79 Å². The standard InChI is InChI=1S/C12H19N5O2/c1-17(2)12(19)16-6-5-15-10-7-8(13)3-4-9(10)11(14)18/h3-4,7,15H,5-6,13H2,1-2H3,(H2,14,18)(H,16,19). The maximum absolute atomic E-state index is 11.3. The number of carbonyl (C=O) groups excluding carboxylic acids is 2. The second-order valence-electron chi connectivity index (χ2n) is 4.22. The molecule has 0 aliphatic carbocycles. The Morgan fingerprint density at radius 1 is 1.26 bits per heavy atom. The summed E-state index contributed by atoms with van der Waals surface area (Å²) in [6, 6.07) is 4.63. The lowest BCUT2D eigenvalue weighted by molar-refractivity contribution is 0.100. The maximum atomic E-state index is 11.3. The van der Waals surface area contributed by atoms with Crippen LogP contribution in [-0.4, -0.2) is 44.0 Å². The van der Waals surface area contributed by atoms with E-state index in [9.17, 15) is 9.59 Å². The summed E-state index contributed by atoms with van der Waals surface area (Å²) in [5, 5.41) is 5.71. The normalized spacial score (nSPS) is 9.79. The molecule has 19 heavy (non-hydrogen) atoms. The highest BCUT2D eigenvalue weighted by atomic mass is 16.2. The van der Waals surface area contributed by atoms with Crippen LogP contribution in [0, 0.1) is 0 Å². The predicted octanol–water partition coefficient (Wildman–Crippen LogP) is 0.0508. The smallest absolute Gasteiger partial charge is 0.316 e. The highest BCUT2D eigenvalue weighted by Gasteiger charge is 2.08. The first kappa shape index (κ1) is 14.6. The SMILES string of the molecule is CN(C)C(=O)NCCNc1cc(N)ccc1C(N)=O. The fraction of sp³-hybridized carbons (Fsp3) is 0.333. The number of primary amides is 1. The van der Waals surface area contributed by atoms with Gasteiger partial charge in [-0.2, -0.15) is 0 Å². The van der Waals surface area contributed by atoms with Crippen LogP contribution in [0.4, 0.5) is 16.2 Å². The second kappa shape index (κ2) is 6.48. The topological polar surface area (TPSA) is 113 Å². The van der Waals surface area contributed by atoms with Crippen LogP contribution < -0.4 is 22.1 Å². The number of nitrogens with zero attached hydrogens (tertiary/aromatic N) is 1. The zero-order chi connectivity index (χ0) is 14.4. The summed E-state index contributed by atoms with van der Waals surface area (Å²) in [4.78, 5) is 23.9. The Morgan fingerprint density at radius 3 is 2.53 bits per heavy atom. The van der Waals surface area contributed by atoms with Crippen molar-refractivity contribution in [3.05, 3.63) is 23.8 Å². The van der Waals surface area contributed by atoms with E-state index in [1.54, 1.807) is 32.3 Å². The van der Waals surface area contributed by atoms with Crippen molar-refractivity contribution in [1.29, 1.82) is 0 Å². The molecule has 0 aromatic heterocycles. The zero-order valence-electron chi connectivity index (χ0n) is 11.1. The van der Waals surface area contributed by atoms with E-state index in [0.717, 1.165) is 0 Å². The van der Waals surface area contributed by atoms with Gasteiger partial charge in [-0.1, -0.05) is 0 Å². The third-order valence-corrected chi connectivity index (χ3v) is 2.43. The van der Waals surface area contributed by atoms with E-state index >= 15 is 0 Å². The van der Waals surface area contributed by atoms with E-state index in [1.165, 1.54) is 4.90 Å². The van der Waals surface area contributed by atoms with Gasteiger partial charge in [0, 0.05) is 38.6 Å². The first-order chi connectivity index (χ1) is 8.91. The molecule has 7 heteroatoms. The molecule has 3 amide bonds. The third kappa shape index (κ3) is 4.38. The molecule has 0 heterocycles. The Labute approximate surface area is 111 Å². The number of urea groups is 1. The van der Waals surface area contributed by atoms with Crippen LogP contribution in [0.5, 0.6) is 0 Å². The summed E-state index contributed by atoms with van der Waals surface area (Å²) in [5.74, 6) is -0.528. The summed E-state index contributed by atoms with van der Waals surface area (Å²) in [7, 11) is 3.32. The van der Waals surface area contributed by atoms with Crippen molar-refractivity contribution in [3.63, 3.8) is 0 Å². The van der Waals surface area contributed by atoms with E-state index in [2.05, 4.69) is 10.6 Å². The molecule has 0 bridgehead atoms. The van der Waals surface area contributed by atoms with Gasteiger partial charge in [0.25, 0.3) is 5.91 Å². The largest absolute Gasteiger partial charge is 0.399 e. The van der Waals surface area contributed by atoms with E-state index in [-0.39, 0.29) is 6.03 Å². The molecule has 1 aromatic rings. The predicted molar refractivity (Wildman–Crippen MR) is 74.9 cm³/mol. The first-order valence-electron chi connectivity index (χ1n) is 5.80. The molecule has 1 aromatic carbocycles. The lowest BCUT2D eigenvalue weighted by Crippen LogP contribution is -2.37. The minimum absolute atomic E-state index is 0.176. The third-order valence-electron chi connectivity index (χ3n) is 2.43. The van der Waals surface area contributed by atoms with Gasteiger partial charge in [0.1, 0.15) is 0 Å². The number of nitrogens with one attached hydrogen (secondary N) is 2. The van der Waals surface area contributed by atoms with Crippen LogP contribution in [0.3, 0.4) is 0 Å². The Balaban J connectivity index is 2.55. The molecule has 0 atom stereocenters. The van der Waals surface area contributed by atoms with Crippen LogP contribution in [0.2, 0.25) is 0 Å². The van der Waals surface area contributed by atoms with Gasteiger partial charge < -0.3 is 27.0 Å². The molecule has 0 fully saturated rings. The second-order valence-corrected chi connectivity index (χ2v) is 4.22. The molecule has 6 N–H and O–H groups in total. The lowest BCUT2D eigenvalue weighted by Gasteiger charge is -2.14. The highest BCUT2D eigenvalue weighted by molar-refractivity contribution is 5.99. The number of amides is 3. The van der Waals surface area contributed by atoms with Crippen molar-refractivity contribution in [3.8, 4) is 0 Å². The van der Waals surface area contributed by atoms with Gasteiger partial charge in [-0.05, 0) is 18.2 Å². The van der Waals surface area contributed by atoms with E-state index in [1.807, 2.05) is 0 Å². The number of nitrogens with two attached hydrogens (primary N) is 2. The fourth-order valence-corrected chi connectivity index (χ4v) is 1.45. The minimum Gasteiger partial charge on any atom is -0.399 e. The monoisotopic (exact) mass is 265 g/mol. The molecule has 7 nitrogen and oxygen atoms in total. The van der Waals surface area contributed by atoms with Gasteiger partial charge in [0.15, 0.2) is 0 Å². The number of carbonyl (C=O) groups is 2. The van der Waals surface area contributed by atoms with Crippen molar-refractivity contribution >= 4 is 23.3 Å². The number of benzene rings is 1. The highest BCUT2D eigenvalue weighted by Crippen LogP contribution is 2.18. The zero-order valence-corrected chi connectivity index (χ0v) is 11.1. The average Bonchev–Trinajstić information content (AvgIpc) is 2.33. The van der Waals surface area contributed by atoms with E-state index < -0.39 is 5.91 Å². The Bertz CT molecular complexity index is 473. The lowest BCUT2D eigenvalue weighted by atomic mass is 10.1. The Kier molecular flexibility index (Phi) is 4.99. The molecule has 104 valence electrons. The summed E-state index contributed by atoms with van der Waals surface area (Å²) in [6.07, 6.45) is 0. The number of rotatable bonds is 5. The van der Waals surface area contributed by atoms with Crippen LogP contribution in [0.1, 0.15) is 10.4 Å². The molecule has 0 unspecified atom stereocenters. The summed E-state index contributed by atoms with van der Waals surface area (Å²) in [5.41, 5.74) is 12.4. The number of hydrogen-bond donors (Lipinski definition) is 4. The Morgan fingerprint density at radius 2 is 1.95 bits per heavy atom. The quantitative estimate of drug-likeness (QED) is 0.445. The molecular weight excluding hydrogens is 246 g/mol. The summed E-state index contributed by atoms with van der Waals surface area (Å²) < 4.78 is 0. The van der Waals surface area contributed by atoms with Crippen molar-refractivity contribution in [1.82, 2.24) is 10.2 Å². The molecule has 0 saturated heterocycles. The van der Waals surface area contributed by atoms with Gasteiger partial charge in [-0.25, -0.2) is 4.79 Å². The van der Waals surface area contributed by atoms with E-state index in [0.29, 0.717) is 30.0 Å². The maximum Gasteiger partial charge on any atom is 0.316 e. The van der Waals surface area contributed by atoms with Crippen molar-refractivity contribution < 1.29 is 9.59 Å². The molecule has 0 radical (unpaired) electrons. The molecule has 0 aliphatic rings. The van der Waals surface area contributed by atoms with Crippen molar-refractivity contribution in [2.75, 3.05) is 38.2 Å². The van der Waals surface area contributed by atoms with E-state index in [4.69, 9.17) is 11.5 Å². The van der Waals surface area contributed by atoms with Crippen LogP contribution >= 0.6 is 0 Å². The molecule has 0 aliphatic heterocycles. The summed E-state index contributed by atoms with van der Waals surface area (Å²) in [6.45, 7) is 0.882. The van der Waals surface area contributed by atoms with Crippen molar-refractivity contribution in [2.24, 2.45) is 5.73 Å². The Hall–Kier alpha value is -2.44. The van der Waals surface area contributed by atoms with Crippen LogP contribution in [-0.2, 0) is 0 Å². The minimum atomic E-state index is -0.528. The van der Waals surface area contributed by atoms with Gasteiger partial charge >= 0.3 is 6.03 Å². The van der Waals surface area contributed by atoms with Gasteiger partial charge in [0.2, 0.25) is 0 Å². The van der Waals surface area contributed by atoms with Gasteiger partial charge in [0.05, 0.1) is 5.56 Å². The van der Waals surface area contributed by atoms with Gasteiger partial charge in [-0.15, -0.1) is 0 Å². The molecular formula is C12H19N5O2. The molecule has 0 saturated carbocycles. The van der Waals surface area contributed by atoms with Crippen LogP contribution in [0.15, 0.2) is 18.2 Å². The fourth-order valence-electron chi connectivity index (χ4n) is 1.45. The number of hydrogen-bond acceptors (Lipinski definition) is 4. The number of anilines is 2. The number of nitrogen functional groups attached to an aromatic ring is 1. The van der Waals surface area contributed by atoms with Crippen LogP contribution in [0.25, 0.3) is 0 Å². The average molecular weight is 265 g/mol. The first-order valence-corrected chi connectivity index (χ1v) is 5.80. The van der Waals surface area contributed by atoms with Crippen molar-refractivity contribution in [2.45, 2.75) is 0 Å².